The molecule has 0 saturated carbocycles. The zero-order valence-corrected chi connectivity index (χ0v) is 26.4. The van der Waals surface area contributed by atoms with E-state index in [2.05, 4.69) is 21.3 Å². The lowest BCUT2D eigenvalue weighted by Crippen LogP contribution is -2.49. The predicted molar refractivity (Wildman–Crippen MR) is 171 cm³/mol. The van der Waals surface area contributed by atoms with E-state index in [9.17, 15) is 29.4 Å². The fraction of sp³-hybridized carbons (Fsp3) is 0.333. The number of carboxylic acids is 1. The molecule has 6 N–H and O–H groups in total. The number of hydrogen-bond acceptors (Lipinski definition) is 9. The van der Waals surface area contributed by atoms with Gasteiger partial charge >= 0.3 is 12.0 Å². The van der Waals surface area contributed by atoms with Gasteiger partial charge in [-0.25, -0.2) is 4.79 Å². The molecule has 0 aliphatic carbocycles. The molecule has 2 atom stereocenters. The summed E-state index contributed by atoms with van der Waals surface area (Å²) in [4.78, 5) is 50.5. The number of aliphatic carboxylic acids is 1. The summed E-state index contributed by atoms with van der Waals surface area (Å²) in [6, 6.07) is 11.8. The van der Waals surface area contributed by atoms with Crippen molar-refractivity contribution in [2.24, 2.45) is 5.92 Å². The van der Waals surface area contributed by atoms with Crippen LogP contribution in [0.2, 0.25) is 0 Å². The molecule has 0 bridgehead atoms. The third-order valence-corrected chi connectivity index (χ3v) is 7.13. The van der Waals surface area contributed by atoms with Crippen molar-refractivity contribution in [1.29, 1.82) is 0 Å². The molecule has 0 fully saturated rings. The second-order valence-corrected chi connectivity index (χ2v) is 11.2. The van der Waals surface area contributed by atoms with Gasteiger partial charge in [-0.15, -0.1) is 0 Å². The Bertz CT molecular complexity index is 1610. The average molecular weight is 651 g/mol. The van der Waals surface area contributed by atoms with Crippen LogP contribution in [0.4, 0.5) is 16.2 Å². The van der Waals surface area contributed by atoms with Crippen LogP contribution in [0.5, 0.6) is 28.7 Å². The van der Waals surface area contributed by atoms with Gasteiger partial charge < -0.3 is 50.4 Å². The van der Waals surface area contributed by atoms with E-state index in [1.807, 2.05) is 13.8 Å². The summed E-state index contributed by atoms with van der Waals surface area (Å²) in [6.45, 7) is 5.13. The van der Waals surface area contributed by atoms with E-state index in [-0.39, 0.29) is 48.5 Å². The number of fused-ring (bicyclic) bond motifs is 1. The highest BCUT2D eigenvalue weighted by molar-refractivity contribution is 6.02. The maximum absolute atomic E-state index is 13.4. The molecule has 3 aromatic rings. The second kappa shape index (κ2) is 15.6. The van der Waals surface area contributed by atoms with Crippen LogP contribution in [0.25, 0.3) is 0 Å². The first-order chi connectivity index (χ1) is 22.4. The number of para-hydroxylation sites is 1. The summed E-state index contributed by atoms with van der Waals surface area (Å²) < 4.78 is 21.7. The highest BCUT2D eigenvalue weighted by atomic mass is 16.7. The van der Waals surface area contributed by atoms with Crippen molar-refractivity contribution in [3.05, 3.63) is 65.7 Å². The number of methoxy groups -OCH3 is 1. The van der Waals surface area contributed by atoms with E-state index in [0.29, 0.717) is 28.3 Å². The molecule has 1 heterocycles. The van der Waals surface area contributed by atoms with Gasteiger partial charge in [-0.3, -0.25) is 14.4 Å². The fourth-order valence-corrected chi connectivity index (χ4v) is 4.86. The molecular weight excluding hydrogens is 612 g/mol. The van der Waals surface area contributed by atoms with Crippen molar-refractivity contribution >= 4 is 35.2 Å². The highest BCUT2D eigenvalue weighted by Gasteiger charge is 2.27. The Morgan fingerprint density at radius 1 is 0.957 bits per heavy atom. The Kier molecular flexibility index (Phi) is 11.3. The number of anilines is 2. The van der Waals surface area contributed by atoms with Crippen LogP contribution in [0.1, 0.15) is 43.9 Å². The molecule has 14 heteroatoms. The molecule has 4 rings (SSSR count). The summed E-state index contributed by atoms with van der Waals surface area (Å²) in [7, 11) is 1.40. The quantitative estimate of drug-likeness (QED) is 0.137. The molecule has 0 spiro atoms. The number of hydrogen-bond donors (Lipinski definition) is 6. The molecule has 3 aromatic carbocycles. The lowest BCUT2D eigenvalue weighted by molar-refractivity contribution is -0.138. The van der Waals surface area contributed by atoms with Crippen molar-refractivity contribution in [2.75, 3.05) is 31.1 Å². The zero-order valence-electron chi connectivity index (χ0n) is 26.4. The fourth-order valence-electron chi connectivity index (χ4n) is 4.86. The van der Waals surface area contributed by atoms with Gasteiger partial charge in [0.25, 0.3) is 5.91 Å². The minimum atomic E-state index is -1.12. The molecule has 250 valence electrons. The van der Waals surface area contributed by atoms with Crippen LogP contribution in [0, 0.1) is 12.8 Å². The van der Waals surface area contributed by atoms with Gasteiger partial charge in [0.2, 0.25) is 12.7 Å². The number of carboxylic acid groups (broad SMARTS) is 1. The van der Waals surface area contributed by atoms with Crippen LogP contribution < -0.4 is 40.2 Å². The Morgan fingerprint density at radius 2 is 1.72 bits per heavy atom. The third-order valence-electron chi connectivity index (χ3n) is 7.13. The smallest absolute Gasteiger partial charge is 0.323 e. The average Bonchev–Trinajstić information content (AvgIpc) is 3.49. The first-order valence-corrected chi connectivity index (χ1v) is 14.8. The minimum Gasteiger partial charge on any atom is -0.506 e. The van der Waals surface area contributed by atoms with Crippen LogP contribution in [0.15, 0.2) is 54.6 Å². The number of aromatic hydroxyl groups is 1. The van der Waals surface area contributed by atoms with Crippen LogP contribution in [0.3, 0.4) is 0 Å². The van der Waals surface area contributed by atoms with E-state index in [1.54, 1.807) is 37.3 Å². The van der Waals surface area contributed by atoms with Crippen molar-refractivity contribution in [1.82, 2.24) is 10.6 Å². The molecule has 0 aromatic heterocycles. The summed E-state index contributed by atoms with van der Waals surface area (Å²) in [5.41, 5.74) is 1.76. The van der Waals surface area contributed by atoms with Crippen molar-refractivity contribution in [3.63, 3.8) is 0 Å². The largest absolute Gasteiger partial charge is 0.506 e. The number of carbonyl (C=O) groups is 4. The topological polar surface area (TPSA) is 194 Å². The number of phenols is 1. The summed E-state index contributed by atoms with van der Waals surface area (Å²) in [5, 5.41) is 30.2. The molecule has 14 nitrogen and oxygen atoms in total. The maximum Gasteiger partial charge on any atom is 0.323 e. The number of ether oxygens (including phenoxy) is 4. The van der Waals surface area contributed by atoms with Gasteiger partial charge in [-0.2, -0.15) is 0 Å². The Morgan fingerprint density at radius 3 is 2.43 bits per heavy atom. The summed E-state index contributed by atoms with van der Waals surface area (Å²) in [6.07, 6.45) is -0.103. The molecular formula is C33H38N4O10. The molecule has 4 amide bonds. The van der Waals surface area contributed by atoms with Gasteiger partial charge in [0.05, 0.1) is 30.9 Å². The SMILES string of the molecule is COc1cc(OCC(=O)NC(CC(C)C)C(=O)NC(CC(=O)O)c2ccc3c(c2)OCO3)ccc1NC(=O)Nc1c(C)cccc1O. The second-order valence-electron chi connectivity index (χ2n) is 11.2. The normalized spacial score (nSPS) is 12.9. The standard InChI is InChI=1S/C33H38N4O10/c1-18(2)12-24(32(42)35-23(15-30(40)41)20-8-11-26-28(13-20)47-17-46-26)34-29(39)16-45-21-9-10-22(27(14-21)44-4)36-33(43)37-31-19(3)6-5-7-25(31)38/h5-11,13-14,18,23-24,38H,12,15-17H2,1-4H3,(H,34,39)(H,35,42)(H,40,41)(H2,36,37,43). The Balaban J connectivity index is 1.37. The Hall–Kier alpha value is -5.66. The number of benzene rings is 3. The maximum atomic E-state index is 13.4. The lowest BCUT2D eigenvalue weighted by atomic mass is 10.00. The van der Waals surface area contributed by atoms with Crippen LogP contribution in [-0.2, 0) is 14.4 Å². The molecule has 47 heavy (non-hydrogen) atoms. The molecule has 0 radical (unpaired) electrons. The summed E-state index contributed by atoms with van der Waals surface area (Å²) in [5.74, 6) is -0.833. The van der Waals surface area contributed by atoms with E-state index < -0.39 is 42.5 Å². The first kappa shape index (κ1) is 34.2. The van der Waals surface area contributed by atoms with Crippen molar-refractivity contribution in [3.8, 4) is 28.7 Å². The van der Waals surface area contributed by atoms with Crippen LogP contribution in [-0.4, -0.2) is 60.6 Å². The van der Waals surface area contributed by atoms with E-state index in [4.69, 9.17) is 18.9 Å². The molecule has 2 unspecified atom stereocenters. The van der Waals surface area contributed by atoms with Crippen LogP contribution >= 0.6 is 0 Å². The molecule has 0 saturated heterocycles. The molecule has 1 aliphatic rings. The highest BCUT2D eigenvalue weighted by Crippen LogP contribution is 2.35. The van der Waals surface area contributed by atoms with E-state index >= 15 is 0 Å². The number of nitrogens with one attached hydrogen (secondary N) is 4. The van der Waals surface area contributed by atoms with Gasteiger partial charge in [0.1, 0.15) is 23.3 Å². The summed E-state index contributed by atoms with van der Waals surface area (Å²) >= 11 is 0. The number of aryl methyl sites for hydroxylation is 1. The van der Waals surface area contributed by atoms with Gasteiger partial charge in [-0.1, -0.05) is 32.0 Å². The zero-order chi connectivity index (χ0) is 34.1. The van der Waals surface area contributed by atoms with Gasteiger partial charge in [0.15, 0.2) is 18.1 Å². The number of rotatable bonds is 14. The minimum absolute atomic E-state index is 0.0201. The van der Waals surface area contributed by atoms with E-state index in [1.165, 1.54) is 31.4 Å². The number of phenolic OH excluding ortho intramolecular Hbond substituents is 1. The Labute approximate surface area is 271 Å². The monoisotopic (exact) mass is 650 g/mol. The predicted octanol–water partition coefficient (Wildman–Crippen LogP) is 4.32. The lowest BCUT2D eigenvalue weighted by Gasteiger charge is -2.24. The third kappa shape index (κ3) is 9.42. The van der Waals surface area contributed by atoms with Gasteiger partial charge in [0, 0.05) is 6.07 Å². The van der Waals surface area contributed by atoms with Crippen molar-refractivity contribution < 1.29 is 48.3 Å². The number of carbonyl (C=O) groups excluding carboxylic acids is 3. The molecule has 1 aliphatic heterocycles. The van der Waals surface area contributed by atoms with Gasteiger partial charge in [-0.05, 0) is 60.7 Å². The first-order valence-electron chi connectivity index (χ1n) is 14.8. The van der Waals surface area contributed by atoms with E-state index in [0.717, 1.165) is 0 Å². The number of urea groups is 1. The van der Waals surface area contributed by atoms with Crippen molar-refractivity contribution in [2.45, 2.75) is 45.7 Å². The number of amides is 4.